The minimum atomic E-state index is -0.456. The molecule has 184 valence electrons. The van der Waals surface area contributed by atoms with Crippen LogP contribution in [0.1, 0.15) is 43.2 Å². The first-order chi connectivity index (χ1) is 16.9. The molecule has 1 spiro atoms. The van der Waals surface area contributed by atoms with Crippen LogP contribution in [-0.4, -0.2) is 54.3 Å². The Labute approximate surface area is 211 Å². The Bertz CT molecular complexity index is 1170. The highest BCUT2D eigenvalue weighted by Gasteiger charge is 2.48. The molecule has 0 radical (unpaired) electrons. The van der Waals surface area contributed by atoms with Gasteiger partial charge in [-0.1, -0.05) is 18.2 Å². The van der Waals surface area contributed by atoms with Gasteiger partial charge in [0.1, 0.15) is 12.4 Å². The zero-order chi connectivity index (χ0) is 24.2. The van der Waals surface area contributed by atoms with Gasteiger partial charge in [-0.2, -0.15) is 0 Å². The lowest BCUT2D eigenvalue weighted by Gasteiger charge is -2.45. The van der Waals surface area contributed by atoms with Crippen LogP contribution in [0, 0.1) is 0 Å². The highest BCUT2D eigenvalue weighted by molar-refractivity contribution is 6.31. The van der Waals surface area contributed by atoms with Gasteiger partial charge < -0.3 is 20.1 Å². The molecule has 0 bridgehead atoms. The van der Waals surface area contributed by atoms with E-state index in [2.05, 4.69) is 33.8 Å². The third kappa shape index (κ3) is 4.02. The molecule has 3 heterocycles. The molecule has 0 atom stereocenters. The Kier molecular flexibility index (Phi) is 5.78. The van der Waals surface area contributed by atoms with Crippen LogP contribution in [-0.2, 0) is 16.6 Å². The zero-order valence-electron chi connectivity index (χ0n) is 19.9. The third-order valence-electron chi connectivity index (χ3n) is 8.35. The highest BCUT2D eigenvalue weighted by atomic mass is 35.5. The van der Waals surface area contributed by atoms with Crippen molar-refractivity contribution in [2.24, 2.45) is 0 Å². The molecule has 2 aromatic carbocycles. The number of ether oxygens (including phenoxy) is 1. The van der Waals surface area contributed by atoms with Crippen LogP contribution in [0.5, 0.6) is 5.75 Å². The molecule has 2 aromatic rings. The second-order valence-electron chi connectivity index (χ2n) is 10.4. The summed E-state index contributed by atoms with van der Waals surface area (Å²) in [4.78, 5) is 17.6. The van der Waals surface area contributed by atoms with Crippen LogP contribution in [0.15, 0.2) is 48.7 Å². The van der Waals surface area contributed by atoms with Crippen molar-refractivity contribution in [2.45, 2.75) is 56.1 Å². The van der Waals surface area contributed by atoms with E-state index in [4.69, 9.17) is 16.3 Å². The van der Waals surface area contributed by atoms with Crippen LogP contribution in [0.3, 0.4) is 0 Å². The summed E-state index contributed by atoms with van der Waals surface area (Å²) in [6.07, 6.45) is 4.95. The maximum atomic E-state index is 12.8. The average Bonchev–Trinajstić information content (AvgIpc) is 3.09. The van der Waals surface area contributed by atoms with Crippen molar-refractivity contribution in [3.63, 3.8) is 0 Å². The maximum Gasteiger partial charge on any atom is 0.235 e. The van der Waals surface area contributed by atoms with Gasteiger partial charge in [0.2, 0.25) is 5.91 Å². The van der Waals surface area contributed by atoms with Gasteiger partial charge in [-0.15, -0.1) is 0 Å². The largest absolute Gasteiger partial charge is 0.492 e. The van der Waals surface area contributed by atoms with Gasteiger partial charge in [-0.3, -0.25) is 9.69 Å². The molecule has 2 N–H and O–H groups in total. The number of hydrogen-bond donors (Lipinski definition) is 2. The van der Waals surface area contributed by atoms with Gasteiger partial charge in [0.15, 0.2) is 0 Å². The van der Waals surface area contributed by atoms with E-state index >= 15 is 0 Å². The summed E-state index contributed by atoms with van der Waals surface area (Å²) in [7, 11) is 0. The molecule has 1 saturated carbocycles. The number of benzene rings is 2. The summed E-state index contributed by atoms with van der Waals surface area (Å²) in [5.74, 6) is 1.00. The number of nitrogens with one attached hydrogen (secondary N) is 1. The predicted molar refractivity (Wildman–Crippen MR) is 138 cm³/mol. The van der Waals surface area contributed by atoms with E-state index in [1.165, 1.54) is 11.3 Å². The summed E-state index contributed by atoms with van der Waals surface area (Å²) in [6.45, 7) is 7.44. The number of aliphatic hydroxyl groups is 1. The van der Waals surface area contributed by atoms with E-state index < -0.39 is 5.41 Å². The topological polar surface area (TPSA) is 65.0 Å². The van der Waals surface area contributed by atoms with Crippen LogP contribution in [0.4, 0.5) is 11.4 Å². The molecule has 0 unspecified atom stereocenters. The first kappa shape index (κ1) is 22.9. The van der Waals surface area contributed by atoms with Crippen molar-refractivity contribution < 1.29 is 14.6 Å². The van der Waals surface area contributed by atoms with E-state index in [-0.39, 0.29) is 12.0 Å². The van der Waals surface area contributed by atoms with Crippen LogP contribution in [0.25, 0.3) is 0 Å². The Balaban J connectivity index is 1.05. The normalized spacial score (nSPS) is 25.1. The number of carbonyl (C=O) groups is 1. The second kappa shape index (κ2) is 8.84. The highest BCUT2D eigenvalue weighted by Crippen LogP contribution is 2.46. The Morgan fingerprint density at radius 2 is 1.94 bits per heavy atom. The van der Waals surface area contributed by atoms with Gasteiger partial charge in [-0.25, -0.2) is 0 Å². The fourth-order valence-electron chi connectivity index (χ4n) is 6.21. The summed E-state index contributed by atoms with van der Waals surface area (Å²) < 4.78 is 6.15. The van der Waals surface area contributed by atoms with Crippen molar-refractivity contribution >= 4 is 28.9 Å². The molecule has 35 heavy (non-hydrogen) atoms. The molecule has 4 aliphatic rings. The summed E-state index contributed by atoms with van der Waals surface area (Å²) in [6, 6.07) is 12.4. The number of fused-ring (bicyclic) bond motifs is 3. The molecule has 1 saturated heterocycles. The number of amides is 1. The average molecular weight is 494 g/mol. The molecule has 1 aliphatic carbocycles. The van der Waals surface area contributed by atoms with E-state index in [0.717, 1.165) is 80.9 Å². The van der Waals surface area contributed by atoms with Crippen molar-refractivity contribution in [3.8, 4) is 5.75 Å². The molecule has 7 heteroatoms. The number of anilines is 2. The quantitative estimate of drug-likeness (QED) is 0.642. The lowest BCUT2D eigenvalue weighted by Crippen LogP contribution is -2.48. The monoisotopic (exact) mass is 493 g/mol. The van der Waals surface area contributed by atoms with Crippen molar-refractivity contribution in [1.82, 2.24) is 4.90 Å². The molecular formula is C28H32ClN3O3. The number of hydrogen-bond acceptors (Lipinski definition) is 5. The van der Waals surface area contributed by atoms with Crippen molar-refractivity contribution in [2.75, 3.05) is 36.5 Å². The fourth-order valence-corrected chi connectivity index (χ4v) is 6.39. The third-order valence-corrected chi connectivity index (χ3v) is 8.59. The fraction of sp³-hybridized carbons (Fsp3) is 0.464. The van der Waals surface area contributed by atoms with Gasteiger partial charge in [-0.05, 0) is 99.1 Å². The van der Waals surface area contributed by atoms with Crippen LogP contribution in [0.2, 0.25) is 5.02 Å². The summed E-state index contributed by atoms with van der Waals surface area (Å²) in [5, 5.41) is 13.5. The Morgan fingerprint density at radius 1 is 1.14 bits per heavy atom. The first-order valence-corrected chi connectivity index (χ1v) is 13.1. The number of rotatable bonds is 5. The second-order valence-corrected chi connectivity index (χ2v) is 10.9. The number of carbonyl (C=O) groups excluding carboxylic acids is 1. The van der Waals surface area contributed by atoms with Crippen LogP contribution >= 0.6 is 11.6 Å². The molecule has 6 nitrogen and oxygen atoms in total. The minimum Gasteiger partial charge on any atom is -0.492 e. The number of aryl methyl sites for hydroxylation is 1. The molecular weight excluding hydrogens is 462 g/mol. The molecule has 0 aromatic heterocycles. The minimum absolute atomic E-state index is 0.105. The smallest absolute Gasteiger partial charge is 0.235 e. The molecule has 1 amide bonds. The number of piperidine rings is 1. The van der Waals surface area contributed by atoms with E-state index in [9.17, 15) is 9.90 Å². The molecule has 3 aliphatic heterocycles. The van der Waals surface area contributed by atoms with Gasteiger partial charge in [0.25, 0.3) is 0 Å². The van der Waals surface area contributed by atoms with Crippen molar-refractivity contribution in [3.05, 3.63) is 64.8 Å². The Hall–Kier alpha value is -2.54. The SMILES string of the molecule is C=C1CCc2cc(OCCN3CCC4(CC3)C(=O)Nc3ccc(Cl)cc34)ccc2N1[C@H]1C[C@@H](O)C1. The zero-order valence-corrected chi connectivity index (χ0v) is 20.7. The lowest BCUT2D eigenvalue weighted by molar-refractivity contribution is -0.122. The Morgan fingerprint density at radius 3 is 2.71 bits per heavy atom. The van der Waals surface area contributed by atoms with Gasteiger partial charge in [0.05, 0.1) is 11.5 Å². The number of nitrogens with zero attached hydrogens (tertiary/aromatic N) is 2. The van der Waals surface area contributed by atoms with E-state index in [1.807, 2.05) is 24.3 Å². The van der Waals surface area contributed by atoms with E-state index in [1.54, 1.807) is 0 Å². The number of allylic oxidation sites excluding steroid dienone is 1. The standard InChI is InChI=1S/C28H32ClN3O3/c1-18-2-3-19-14-23(5-7-26(19)32(18)21-16-22(33)17-21)35-13-12-31-10-8-28(9-11-31)24-15-20(29)4-6-25(24)30-27(28)34/h4-7,14-15,21-22,33H,1-3,8-13,16-17H2,(H,30,34)/t21-,22+. The summed E-state index contributed by atoms with van der Waals surface area (Å²) in [5.41, 5.74) is 5.14. The maximum absolute atomic E-state index is 12.8. The first-order valence-electron chi connectivity index (χ1n) is 12.7. The summed E-state index contributed by atoms with van der Waals surface area (Å²) >= 11 is 6.24. The van der Waals surface area contributed by atoms with Crippen LogP contribution < -0.4 is 15.0 Å². The number of likely N-dealkylation sites (tertiary alicyclic amines) is 1. The number of aliphatic hydroxyl groups excluding tert-OH is 1. The van der Waals surface area contributed by atoms with Gasteiger partial charge >= 0.3 is 0 Å². The number of halogens is 1. The van der Waals surface area contributed by atoms with Gasteiger partial charge in [0, 0.05) is 34.7 Å². The van der Waals surface area contributed by atoms with E-state index in [0.29, 0.717) is 17.7 Å². The predicted octanol–water partition coefficient (Wildman–Crippen LogP) is 4.49. The molecule has 2 fully saturated rings. The molecule has 6 rings (SSSR count). The van der Waals surface area contributed by atoms with Crippen molar-refractivity contribution in [1.29, 1.82) is 0 Å². The lowest BCUT2D eigenvalue weighted by atomic mass is 9.73.